The predicted octanol–water partition coefficient (Wildman–Crippen LogP) is 3.99. The fourth-order valence-electron chi connectivity index (χ4n) is 5.06. The average Bonchev–Trinajstić information content (AvgIpc) is 3.50. The Kier molecular flexibility index (Phi) is 7.26. The van der Waals surface area contributed by atoms with Crippen molar-refractivity contribution in [3.8, 4) is 11.4 Å². The van der Waals surface area contributed by atoms with E-state index >= 15 is 0 Å². The average molecular weight is 561 g/mol. The zero-order valence-corrected chi connectivity index (χ0v) is 21.8. The van der Waals surface area contributed by atoms with Crippen molar-refractivity contribution in [2.45, 2.75) is 32.9 Å². The maximum atomic E-state index is 14.6. The van der Waals surface area contributed by atoms with Gasteiger partial charge in [0.1, 0.15) is 11.6 Å². The summed E-state index contributed by atoms with van der Waals surface area (Å²) in [7, 11) is 1.91. The Morgan fingerprint density at radius 2 is 1.78 bits per heavy atom. The lowest BCUT2D eigenvalue weighted by atomic mass is 10.0. The Balaban J connectivity index is 0.00000337. The Hall–Kier alpha value is -4.71. The number of carbonyl (C=O) groups is 1. The number of benzene rings is 2. The molecule has 1 atom stereocenters. The maximum absolute atomic E-state index is 14.6. The van der Waals surface area contributed by atoms with Crippen molar-refractivity contribution in [3.05, 3.63) is 93.2 Å². The molecule has 1 amide bonds. The number of nitrogens with zero attached hydrogens (tertiary/aromatic N) is 4. The van der Waals surface area contributed by atoms with Crippen molar-refractivity contribution in [2.75, 3.05) is 25.5 Å². The van der Waals surface area contributed by atoms with Crippen molar-refractivity contribution >= 4 is 23.3 Å². The van der Waals surface area contributed by atoms with Gasteiger partial charge in [-0.25, -0.2) is 23.5 Å². The molecule has 0 radical (unpaired) electrons. The number of anilines is 2. The molecule has 4 aromatic rings. The van der Waals surface area contributed by atoms with Gasteiger partial charge < -0.3 is 25.5 Å². The molecule has 4 heterocycles. The molecule has 0 aliphatic carbocycles. The maximum Gasteiger partial charge on any atom is 0.323 e. The molecule has 212 valence electrons. The van der Waals surface area contributed by atoms with Crippen LogP contribution in [0.25, 0.3) is 11.4 Å². The highest BCUT2D eigenvalue weighted by Gasteiger charge is 2.35. The van der Waals surface area contributed by atoms with E-state index in [-0.39, 0.29) is 54.0 Å². The van der Waals surface area contributed by atoms with Gasteiger partial charge in [-0.3, -0.25) is 9.79 Å². The predicted molar refractivity (Wildman–Crippen MR) is 153 cm³/mol. The second-order valence-electron chi connectivity index (χ2n) is 10.1. The summed E-state index contributed by atoms with van der Waals surface area (Å²) in [5.74, 6) is -1.39. The summed E-state index contributed by atoms with van der Waals surface area (Å²) in [4.78, 5) is 45.7. The zero-order valence-electron chi connectivity index (χ0n) is 21.8. The first-order chi connectivity index (χ1) is 19.2. The van der Waals surface area contributed by atoms with E-state index in [1.807, 2.05) is 11.9 Å². The van der Waals surface area contributed by atoms with Crippen LogP contribution < -0.4 is 16.3 Å². The van der Waals surface area contributed by atoms with Crippen LogP contribution >= 0.6 is 0 Å². The monoisotopic (exact) mass is 560 g/mol. The largest absolute Gasteiger partial charge is 0.337 e. The first kappa shape index (κ1) is 27.8. The van der Waals surface area contributed by atoms with Gasteiger partial charge >= 0.3 is 5.69 Å². The number of nitrogens with one attached hydrogen (secondary N) is 4. The second kappa shape index (κ2) is 10.7. The molecular weight excluding hydrogens is 530 g/mol. The SMILES string of the molecule is C.CNC1(C)CCN(C(=O)c2ccc(Nc3ncc4c(n3)-c3[nH]c(=O)[nH]c3C(c3c(F)cccc3F)=NC4)cc2)C1. The molecule has 0 bridgehead atoms. The molecule has 12 heteroatoms. The van der Waals surface area contributed by atoms with Crippen molar-refractivity contribution in [2.24, 2.45) is 4.99 Å². The van der Waals surface area contributed by atoms with Crippen LogP contribution in [0.1, 0.15) is 48.0 Å². The summed E-state index contributed by atoms with van der Waals surface area (Å²) in [6.45, 7) is 3.48. The number of imidazole rings is 1. The van der Waals surface area contributed by atoms with Gasteiger partial charge in [0.2, 0.25) is 5.95 Å². The minimum Gasteiger partial charge on any atom is -0.337 e. The summed E-state index contributed by atoms with van der Waals surface area (Å²) < 4.78 is 29.3. The smallest absolute Gasteiger partial charge is 0.323 e. The van der Waals surface area contributed by atoms with Crippen LogP contribution in [0.5, 0.6) is 0 Å². The molecule has 41 heavy (non-hydrogen) atoms. The third-order valence-corrected chi connectivity index (χ3v) is 7.42. The number of likely N-dealkylation sites (N-methyl/N-ethyl adjacent to an activating group) is 1. The Labute approximate surface area is 235 Å². The van der Waals surface area contributed by atoms with Crippen LogP contribution in [0, 0.1) is 11.6 Å². The molecule has 0 saturated carbocycles. The van der Waals surface area contributed by atoms with Crippen LogP contribution in [-0.4, -0.2) is 62.1 Å². The molecule has 0 spiro atoms. The van der Waals surface area contributed by atoms with Crippen molar-refractivity contribution in [1.82, 2.24) is 30.2 Å². The molecule has 2 aliphatic heterocycles. The number of rotatable bonds is 5. The van der Waals surface area contributed by atoms with Gasteiger partial charge in [0.15, 0.2) is 0 Å². The highest BCUT2D eigenvalue weighted by molar-refractivity contribution is 6.15. The van der Waals surface area contributed by atoms with Gasteiger partial charge in [-0.15, -0.1) is 0 Å². The first-order valence-corrected chi connectivity index (χ1v) is 12.8. The van der Waals surface area contributed by atoms with Gasteiger partial charge in [0.05, 0.1) is 34.9 Å². The highest BCUT2D eigenvalue weighted by Crippen LogP contribution is 2.30. The molecule has 1 unspecified atom stereocenters. The van der Waals surface area contributed by atoms with Crippen molar-refractivity contribution in [3.63, 3.8) is 0 Å². The number of H-pyrrole nitrogens is 2. The number of aromatic nitrogens is 4. The summed E-state index contributed by atoms with van der Waals surface area (Å²) in [5.41, 5.74) is 1.54. The summed E-state index contributed by atoms with van der Waals surface area (Å²) in [6, 6.07) is 10.5. The minimum atomic E-state index is -0.797. The summed E-state index contributed by atoms with van der Waals surface area (Å²) in [5, 5.41) is 6.40. The van der Waals surface area contributed by atoms with Gasteiger partial charge in [-0.05, 0) is 56.8 Å². The molecule has 2 aromatic heterocycles. The lowest BCUT2D eigenvalue weighted by Crippen LogP contribution is -2.43. The van der Waals surface area contributed by atoms with Crippen molar-refractivity contribution in [1.29, 1.82) is 0 Å². The molecule has 4 N–H and O–H groups in total. The fourth-order valence-corrected chi connectivity index (χ4v) is 5.06. The van der Waals surface area contributed by atoms with Gasteiger partial charge in [0.25, 0.3) is 5.91 Å². The van der Waals surface area contributed by atoms with E-state index in [0.717, 1.165) is 18.6 Å². The number of fused-ring (bicyclic) bond motifs is 3. The van der Waals surface area contributed by atoms with E-state index in [9.17, 15) is 18.4 Å². The molecular formula is C29H30F2N8O2. The van der Waals surface area contributed by atoms with Crippen LogP contribution in [0.15, 0.2) is 58.4 Å². The third-order valence-electron chi connectivity index (χ3n) is 7.42. The summed E-state index contributed by atoms with van der Waals surface area (Å²) >= 11 is 0. The van der Waals surface area contributed by atoms with Crippen molar-refractivity contribution < 1.29 is 13.6 Å². The van der Waals surface area contributed by atoms with E-state index in [1.165, 1.54) is 6.07 Å². The number of hydrogen-bond donors (Lipinski definition) is 4. The Morgan fingerprint density at radius 3 is 2.46 bits per heavy atom. The molecule has 6 rings (SSSR count). The van der Waals surface area contributed by atoms with E-state index in [4.69, 9.17) is 0 Å². The second-order valence-corrected chi connectivity index (χ2v) is 10.1. The number of carbonyl (C=O) groups excluding carboxylic acids is 1. The number of amides is 1. The Bertz CT molecular complexity index is 1690. The first-order valence-electron chi connectivity index (χ1n) is 12.8. The van der Waals surface area contributed by atoms with Crippen LogP contribution in [0.4, 0.5) is 20.4 Å². The molecule has 1 saturated heterocycles. The van der Waals surface area contributed by atoms with Crippen LogP contribution in [0.3, 0.4) is 0 Å². The Morgan fingerprint density at radius 1 is 1.07 bits per heavy atom. The zero-order chi connectivity index (χ0) is 28.0. The fraction of sp³-hybridized carbons (Fsp3) is 0.276. The number of aromatic amines is 2. The van der Waals surface area contributed by atoms with Gasteiger partial charge in [-0.2, -0.15) is 0 Å². The highest BCUT2D eigenvalue weighted by atomic mass is 19.1. The molecule has 10 nitrogen and oxygen atoms in total. The molecule has 1 fully saturated rings. The molecule has 2 aliphatic rings. The van der Waals surface area contributed by atoms with E-state index in [0.29, 0.717) is 35.6 Å². The lowest BCUT2D eigenvalue weighted by molar-refractivity contribution is 0.0782. The van der Waals surface area contributed by atoms with Gasteiger partial charge in [0, 0.05) is 41.6 Å². The molecule has 2 aromatic carbocycles. The number of hydrogen-bond acceptors (Lipinski definition) is 7. The normalized spacial score (nSPS) is 17.7. The number of likely N-dealkylation sites (tertiary alicyclic amines) is 1. The van der Waals surface area contributed by atoms with Crippen LogP contribution in [0.2, 0.25) is 0 Å². The number of halogens is 2. The lowest BCUT2D eigenvalue weighted by Gasteiger charge is -2.24. The van der Waals surface area contributed by atoms with Crippen LogP contribution in [-0.2, 0) is 6.54 Å². The number of aliphatic imine (C=N–C) groups is 1. The summed E-state index contributed by atoms with van der Waals surface area (Å²) in [6.07, 6.45) is 2.44. The third kappa shape index (κ3) is 5.13. The van der Waals surface area contributed by atoms with E-state index < -0.39 is 17.3 Å². The standard InChI is InChI=1S/C28H26F2N8O2.CH4/c1-28(31-2)10-11-38(14-28)25(39)15-6-8-17(9-7-15)34-26-33-13-16-12-32-22(20-18(29)4-3-5-19(20)30)24-23(21(16)35-26)36-27(40)37-24;/h3-9,13,31H,10-12,14H2,1-2H3,(H,33,34,35)(H2,36,37,40);1H4. The van der Waals surface area contributed by atoms with Gasteiger partial charge in [-0.1, -0.05) is 13.5 Å². The van der Waals surface area contributed by atoms with E-state index in [1.54, 1.807) is 30.5 Å². The topological polar surface area (TPSA) is 131 Å². The quantitative estimate of drug-likeness (QED) is 0.292. The van der Waals surface area contributed by atoms with E-state index in [2.05, 4.69) is 42.5 Å². The minimum absolute atomic E-state index is 0.